The first-order valence-electron chi connectivity index (χ1n) is 11.8. The van der Waals surface area contributed by atoms with Crippen molar-refractivity contribution >= 4 is 21.7 Å². The lowest BCUT2D eigenvalue weighted by molar-refractivity contribution is 0.0472. The van der Waals surface area contributed by atoms with Gasteiger partial charge in [-0.2, -0.15) is 4.72 Å². The zero-order valence-electron chi connectivity index (χ0n) is 21.2. The van der Waals surface area contributed by atoms with Crippen LogP contribution in [0.3, 0.4) is 0 Å². The standard InChI is InChI=1S/C27H32N2O7S/c1-4-5-15-28-24-16-21(27(30)35-18-20-11-13-22(34-3)14-12-20)17-25(37(31,32)29-19-33-2)26(24)36-23-9-7-6-8-10-23/h6-14,16-17,28-29H,4-5,15,18-19H2,1-3H3. The van der Waals surface area contributed by atoms with E-state index in [2.05, 4.69) is 10.0 Å². The topological polar surface area (TPSA) is 112 Å². The van der Waals surface area contributed by atoms with E-state index in [0.717, 1.165) is 18.4 Å². The van der Waals surface area contributed by atoms with Crippen LogP contribution in [-0.2, 0) is 26.1 Å². The molecule has 0 amide bonds. The van der Waals surface area contributed by atoms with Crippen molar-refractivity contribution in [1.29, 1.82) is 0 Å². The van der Waals surface area contributed by atoms with E-state index >= 15 is 0 Å². The molecule has 0 fully saturated rings. The molecule has 0 heterocycles. The van der Waals surface area contributed by atoms with Crippen molar-refractivity contribution in [3.63, 3.8) is 0 Å². The number of anilines is 1. The minimum atomic E-state index is -4.12. The number of esters is 1. The second kappa shape index (κ2) is 13.6. The number of benzene rings is 3. The van der Waals surface area contributed by atoms with Gasteiger partial charge in [0.25, 0.3) is 0 Å². The van der Waals surface area contributed by atoms with Crippen molar-refractivity contribution in [2.75, 3.05) is 32.8 Å². The molecule has 0 saturated heterocycles. The lowest BCUT2D eigenvalue weighted by Crippen LogP contribution is -2.26. The van der Waals surface area contributed by atoms with Gasteiger partial charge in [-0.15, -0.1) is 0 Å². The molecule has 3 aromatic rings. The Morgan fingerprint density at radius 3 is 2.32 bits per heavy atom. The number of hydrogen-bond donors (Lipinski definition) is 2. The predicted molar refractivity (Wildman–Crippen MR) is 141 cm³/mol. The Hall–Kier alpha value is -3.60. The molecule has 9 nitrogen and oxygen atoms in total. The fourth-order valence-corrected chi connectivity index (χ4v) is 4.44. The van der Waals surface area contributed by atoms with E-state index in [1.54, 1.807) is 61.7 Å². The largest absolute Gasteiger partial charge is 0.497 e. The molecule has 0 aliphatic heterocycles. The normalized spacial score (nSPS) is 11.1. The third-order valence-electron chi connectivity index (χ3n) is 5.31. The van der Waals surface area contributed by atoms with Gasteiger partial charge in [-0.1, -0.05) is 43.7 Å². The molecule has 0 bridgehead atoms. The summed E-state index contributed by atoms with van der Waals surface area (Å²) in [5.41, 5.74) is 1.17. The van der Waals surface area contributed by atoms with Gasteiger partial charge < -0.3 is 24.3 Å². The fraction of sp³-hybridized carbons (Fsp3) is 0.296. The second-order valence-corrected chi connectivity index (χ2v) is 9.79. The van der Waals surface area contributed by atoms with Gasteiger partial charge in [0.15, 0.2) is 5.75 Å². The Bertz CT molecular complexity index is 1260. The first-order valence-corrected chi connectivity index (χ1v) is 13.3. The van der Waals surface area contributed by atoms with E-state index in [1.807, 2.05) is 13.0 Å². The number of unbranched alkanes of at least 4 members (excludes halogenated alkanes) is 1. The Morgan fingerprint density at radius 2 is 1.68 bits per heavy atom. The van der Waals surface area contributed by atoms with Crippen LogP contribution in [0.2, 0.25) is 0 Å². The summed E-state index contributed by atoms with van der Waals surface area (Å²) in [7, 11) is -1.18. The smallest absolute Gasteiger partial charge is 0.338 e. The number of rotatable bonds is 14. The highest BCUT2D eigenvalue weighted by molar-refractivity contribution is 7.89. The summed E-state index contributed by atoms with van der Waals surface area (Å²) in [5, 5.41) is 3.21. The third-order valence-corrected chi connectivity index (χ3v) is 6.69. The van der Waals surface area contributed by atoms with Crippen molar-refractivity contribution in [3.8, 4) is 17.2 Å². The summed E-state index contributed by atoms with van der Waals surface area (Å²) in [6, 6.07) is 18.7. The molecule has 0 aromatic heterocycles. The minimum absolute atomic E-state index is 0.00764. The van der Waals surface area contributed by atoms with Gasteiger partial charge in [-0.05, 0) is 48.4 Å². The van der Waals surface area contributed by atoms with E-state index in [1.165, 1.54) is 13.2 Å². The van der Waals surface area contributed by atoms with Crippen LogP contribution in [0.4, 0.5) is 5.69 Å². The van der Waals surface area contributed by atoms with E-state index < -0.39 is 16.0 Å². The number of hydrogen-bond acceptors (Lipinski definition) is 8. The summed E-state index contributed by atoms with van der Waals surface area (Å²) >= 11 is 0. The summed E-state index contributed by atoms with van der Waals surface area (Å²) in [6.45, 7) is 2.35. The van der Waals surface area contributed by atoms with Gasteiger partial charge >= 0.3 is 5.97 Å². The number of methoxy groups -OCH3 is 2. The van der Waals surface area contributed by atoms with Crippen LogP contribution < -0.4 is 19.5 Å². The zero-order valence-corrected chi connectivity index (χ0v) is 22.0. The average Bonchev–Trinajstić information content (AvgIpc) is 2.92. The van der Waals surface area contributed by atoms with Crippen LogP contribution in [0, 0.1) is 0 Å². The monoisotopic (exact) mass is 528 g/mol. The highest BCUT2D eigenvalue weighted by Gasteiger charge is 2.26. The number of carbonyl (C=O) groups excluding carboxylic acids is 1. The Labute approximate surface area is 217 Å². The highest BCUT2D eigenvalue weighted by atomic mass is 32.2. The quantitative estimate of drug-likeness (QED) is 0.172. The van der Waals surface area contributed by atoms with Crippen molar-refractivity contribution < 1.29 is 32.2 Å². The Balaban J connectivity index is 2.00. The van der Waals surface area contributed by atoms with Gasteiger partial charge in [0.2, 0.25) is 10.0 Å². The molecule has 0 unspecified atom stereocenters. The molecule has 37 heavy (non-hydrogen) atoms. The Kier molecular flexibility index (Phi) is 10.3. The van der Waals surface area contributed by atoms with Crippen LogP contribution in [0.5, 0.6) is 17.2 Å². The number of sulfonamides is 1. The molecule has 10 heteroatoms. The summed E-state index contributed by atoms with van der Waals surface area (Å²) in [6.07, 6.45) is 1.76. The molecule has 0 aliphatic rings. The minimum Gasteiger partial charge on any atom is -0.497 e. The van der Waals surface area contributed by atoms with Crippen molar-refractivity contribution in [2.24, 2.45) is 0 Å². The van der Waals surface area contributed by atoms with Crippen LogP contribution in [0.15, 0.2) is 71.6 Å². The molecular weight excluding hydrogens is 496 g/mol. The molecule has 2 N–H and O–H groups in total. The van der Waals surface area contributed by atoms with E-state index in [0.29, 0.717) is 23.7 Å². The third kappa shape index (κ3) is 7.94. The predicted octanol–water partition coefficient (Wildman–Crippen LogP) is 4.94. The van der Waals surface area contributed by atoms with Crippen molar-refractivity contribution in [1.82, 2.24) is 4.72 Å². The summed E-state index contributed by atoms with van der Waals surface area (Å²) < 4.78 is 50.4. The van der Waals surface area contributed by atoms with Crippen molar-refractivity contribution in [3.05, 3.63) is 77.9 Å². The average molecular weight is 529 g/mol. The molecule has 198 valence electrons. The lowest BCUT2D eigenvalue weighted by atomic mass is 10.1. The SMILES string of the molecule is CCCCNc1cc(C(=O)OCc2ccc(OC)cc2)cc(S(=O)(=O)NCOC)c1Oc1ccccc1. The molecule has 3 aromatic carbocycles. The summed E-state index contributed by atoms with van der Waals surface area (Å²) in [4.78, 5) is 12.8. The fourth-order valence-electron chi connectivity index (χ4n) is 3.33. The van der Waals surface area contributed by atoms with Crippen LogP contribution >= 0.6 is 0 Å². The first kappa shape index (κ1) is 28.0. The van der Waals surface area contributed by atoms with E-state index in [9.17, 15) is 13.2 Å². The van der Waals surface area contributed by atoms with Gasteiger partial charge in [0.1, 0.15) is 29.7 Å². The van der Waals surface area contributed by atoms with Crippen molar-refractivity contribution in [2.45, 2.75) is 31.3 Å². The van der Waals surface area contributed by atoms with Crippen LogP contribution in [0.1, 0.15) is 35.7 Å². The maximum absolute atomic E-state index is 13.2. The first-order chi connectivity index (χ1) is 17.9. The highest BCUT2D eigenvalue weighted by Crippen LogP contribution is 2.38. The Morgan fingerprint density at radius 1 is 0.946 bits per heavy atom. The zero-order chi connectivity index (χ0) is 26.7. The van der Waals surface area contributed by atoms with E-state index in [4.69, 9.17) is 18.9 Å². The molecular formula is C27H32N2O7S. The van der Waals surface area contributed by atoms with Gasteiger partial charge in [-0.25, -0.2) is 13.2 Å². The summed E-state index contributed by atoms with van der Waals surface area (Å²) in [5.74, 6) is 0.519. The molecule has 0 aliphatic carbocycles. The maximum atomic E-state index is 13.2. The lowest BCUT2D eigenvalue weighted by Gasteiger charge is -2.19. The molecule has 0 saturated carbocycles. The van der Waals surface area contributed by atoms with Crippen LogP contribution in [-0.4, -0.2) is 41.9 Å². The molecule has 3 rings (SSSR count). The van der Waals surface area contributed by atoms with Gasteiger partial charge in [0.05, 0.1) is 18.4 Å². The number of ether oxygens (including phenoxy) is 4. The van der Waals surface area contributed by atoms with Crippen LogP contribution in [0.25, 0.3) is 0 Å². The molecule has 0 spiro atoms. The van der Waals surface area contributed by atoms with Gasteiger partial charge in [0, 0.05) is 13.7 Å². The second-order valence-electron chi connectivity index (χ2n) is 8.05. The molecule has 0 atom stereocenters. The molecule has 0 radical (unpaired) electrons. The number of carbonyl (C=O) groups is 1. The number of nitrogens with one attached hydrogen (secondary N) is 2. The van der Waals surface area contributed by atoms with Gasteiger partial charge in [-0.3, -0.25) is 0 Å². The maximum Gasteiger partial charge on any atom is 0.338 e. The number of para-hydroxylation sites is 1. The van der Waals surface area contributed by atoms with E-state index in [-0.39, 0.29) is 29.5 Å².